The number of hydrogen-bond donors (Lipinski definition) is 3. The number of halogens is 2. The number of amides is 1. The molecule has 12 heteroatoms. The summed E-state index contributed by atoms with van der Waals surface area (Å²) >= 11 is 0. The second-order valence-corrected chi connectivity index (χ2v) is 10.3. The van der Waals surface area contributed by atoms with E-state index >= 15 is 4.39 Å². The number of aromatic nitrogens is 4. The zero-order valence-electron chi connectivity index (χ0n) is 23.3. The summed E-state index contributed by atoms with van der Waals surface area (Å²) in [6.45, 7) is 6.00. The molecule has 0 saturated carbocycles. The minimum atomic E-state index is -0.747. The molecule has 0 saturated heterocycles. The third-order valence-electron chi connectivity index (χ3n) is 6.30. The Morgan fingerprint density at radius 1 is 1.07 bits per heavy atom. The van der Waals surface area contributed by atoms with Crippen molar-refractivity contribution in [1.29, 1.82) is 0 Å². The van der Waals surface area contributed by atoms with Crippen molar-refractivity contribution < 1.29 is 23.0 Å². The van der Waals surface area contributed by atoms with Crippen molar-refractivity contribution in [1.82, 2.24) is 19.7 Å². The number of fused-ring (bicyclic) bond motifs is 1. The molecule has 3 aromatic heterocycles. The van der Waals surface area contributed by atoms with Gasteiger partial charge in [-0.25, -0.2) is 13.8 Å². The number of nitrogens with zero attached hydrogens (tertiary/aromatic N) is 3. The number of pyridine rings is 2. The minimum absolute atomic E-state index is 0.0991. The van der Waals surface area contributed by atoms with Gasteiger partial charge >= 0.3 is 0 Å². The molecule has 0 aliphatic rings. The normalized spacial score (nSPS) is 11.5. The van der Waals surface area contributed by atoms with E-state index in [1.54, 1.807) is 26.3 Å². The van der Waals surface area contributed by atoms with E-state index in [4.69, 9.17) is 9.47 Å². The Bertz CT molecular complexity index is 1830. The van der Waals surface area contributed by atoms with Crippen LogP contribution in [0.3, 0.4) is 0 Å². The summed E-state index contributed by atoms with van der Waals surface area (Å²) in [7, 11) is 1.60. The number of H-pyrrole nitrogens is 1. The number of aryl methyl sites for hydroxylation is 1. The fourth-order valence-corrected chi connectivity index (χ4v) is 4.47. The second-order valence-electron chi connectivity index (χ2n) is 10.3. The predicted molar refractivity (Wildman–Crippen MR) is 155 cm³/mol. The molecule has 5 rings (SSSR count). The lowest BCUT2D eigenvalue weighted by atomic mass is 10.1. The number of anilines is 2. The lowest BCUT2D eigenvalue weighted by molar-refractivity contribution is 0.102. The molecule has 0 fully saturated rings. The number of carbonyl (C=O) groups is 1. The molecule has 2 aromatic carbocycles. The van der Waals surface area contributed by atoms with Gasteiger partial charge in [0, 0.05) is 43.0 Å². The maximum atomic E-state index is 15.2. The van der Waals surface area contributed by atoms with Crippen LogP contribution in [0.5, 0.6) is 11.5 Å². The standard InChI is InChI=1S/C30H28F2N6O4/c1-17-13-21(29(40)38(15-17)20-8-5-18(31)6-9-20)28(39)34-19-7-10-23(22(32)14-19)42-24-11-12-33-26-25(24)27(37-36-26)35-30(2,3)16-41-4/h5-15H,16H2,1-4H3,(H,34,39)(H2,33,35,36,37). The summed E-state index contributed by atoms with van der Waals surface area (Å²) in [5, 5.41) is 13.5. The summed E-state index contributed by atoms with van der Waals surface area (Å²) in [6, 6.07) is 12.3. The van der Waals surface area contributed by atoms with Crippen molar-refractivity contribution in [2.24, 2.45) is 0 Å². The number of nitrogens with one attached hydrogen (secondary N) is 3. The first-order valence-corrected chi connectivity index (χ1v) is 12.9. The van der Waals surface area contributed by atoms with Crippen LogP contribution in [0.15, 0.2) is 71.8 Å². The highest BCUT2D eigenvalue weighted by Gasteiger charge is 2.23. The number of hydrogen-bond acceptors (Lipinski definition) is 7. The van der Waals surface area contributed by atoms with Crippen LogP contribution in [0.2, 0.25) is 0 Å². The zero-order chi connectivity index (χ0) is 30.0. The molecular formula is C30H28F2N6O4. The van der Waals surface area contributed by atoms with Crippen molar-refractivity contribution in [3.05, 3.63) is 100 Å². The van der Waals surface area contributed by atoms with Crippen molar-refractivity contribution >= 4 is 28.4 Å². The van der Waals surface area contributed by atoms with Gasteiger partial charge in [0.2, 0.25) is 0 Å². The largest absolute Gasteiger partial charge is 0.453 e. The topological polar surface area (TPSA) is 123 Å². The molecule has 3 N–H and O–H groups in total. The quantitative estimate of drug-likeness (QED) is 0.210. The van der Waals surface area contributed by atoms with E-state index in [1.165, 1.54) is 53.2 Å². The minimum Gasteiger partial charge on any atom is -0.453 e. The third kappa shape index (κ3) is 5.98. The highest BCUT2D eigenvalue weighted by molar-refractivity contribution is 6.04. The van der Waals surface area contributed by atoms with E-state index in [2.05, 4.69) is 25.8 Å². The monoisotopic (exact) mass is 574 g/mol. The lowest BCUT2D eigenvalue weighted by Crippen LogP contribution is -2.36. The Morgan fingerprint density at radius 3 is 2.55 bits per heavy atom. The van der Waals surface area contributed by atoms with Crippen LogP contribution in [0.25, 0.3) is 16.7 Å². The molecule has 5 aromatic rings. The van der Waals surface area contributed by atoms with Crippen LogP contribution < -0.4 is 20.9 Å². The Hall–Kier alpha value is -5.10. The first-order chi connectivity index (χ1) is 20.0. The van der Waals surface area contributed by atoms with Gasteiger partial charge in [-0.05, 0) is 68.8 Å². The van der Waals surface area contributed by atoms with Crippen LogP contribution in [0.1, 0.15) is 29.8 Å². The third-order valence-corrected chi connectivity index (χ3v) is 6.30. The number of ether oxygens (including phenoxy) is 2. The Labute approximate surface area is 239 Å². The van der Waals surface area contributed by atoms with Crippen molar-refractivity contribution in [2.45, 2.75) is 26.3 Å². The number of aromatic amines is 1. The molecule has 1 amide bonds. The van der Waals surface area contributed by atoms with Gasteiger partial charge in [0.25, 0.3) is 11.5 Å². The van der Waals surface area contributed by atoms with E-state index in [0.717, 1.165) is 6.07 Å². The molecule has 0 bridgehead atoms. The van der Waals surface area contributed by atoms with Crippen LogP contribution in [-0.2, 0) is 4.74 Å². The number of rotatable bonds is 9. The van der Waals surface area contributed by atoms with Gasteiger partial charge in [-0.1, -0.05) is 0 Å². The van der Waals surface area contributed by atoms with E-state index in [1.807, 2.05) is 13.8 Å². The lowest BCUT2D eigenvalue weighted by Gasteiger charge is -2.25. The Balaban J connectivity index is 1.38. The first kappa shape index (κ1) is 28.4. The van der Waals surface area contributed by atoms with E-state index in [0.29, 0.717) is 40.5 Å². The fraction of sp³-hybridized carbons (Fsp3) is 0.200. The van der Waals surface area contributed by atoms with E-state index in [9.17, 15) is 14.0 Å². The summed E-state index contributed by atoms with van der Waals surface area (Å²) in [5.74, 6) is -1.25. The molecule has 10 nitrogen and oxygen atoms in total. The van der Waals surface area contributed by atoms with E-state index in [-0.39, 0.29) is 17.0 Å². The highest BCUT2D eigenvalue weighted by Crippen LogP contribution is 2.35. The van der Waals surface area contributed by atoms with Crippen LogP contribution in [-0.4, -0.2) is 44.9 Å². The number of carbonyl (C=O) groups excluding carboxylic acids is 1. The second kappa shape index (κ2) is 11.4. The summed E-state index contributed by atoms with van der Waals surface area (Å²) in [5.41, 5.74) is 0.356. The molecule has 0 unspecified atom stereocenters. The number of methoxy groups -OCH3 is 1. The van der Waals surface area contributed by atoms with Crippen molar-refractivity contribution in [2.75, 3.05) is 24.4 Å². The molecule has 0 aliphatic carbocycles. The van der Waals surface area contributed by atoms with Gasteiger partial charge in [0.1, 0.15) is 22.5 Å². The molecule has 42 heavy (non-hydrogen) atoms. The molecule has 0 radical (unpaired) electrons. The molecular weight excluding hydrogens is 546 g/mol. The predicted octanol–water partition coefficient (Wildman–Crippen LogP) is 5.58. The van der Waals surface area contributed by atoms with Crippen LogP contribution >= 0.6 is 0 Å². The van der Waals surface area contributed by atoms with E-state index < -0.39 is 28.6 Å². The SMILES string of the molecule is COCC(C)(C)Nc1n[nH]c2nccc(Oc3ccc(NC(=O)c4cc(C)cn(-c5ccc(F)cc5)c4=O)cc3F)c12. The van der Waals surface area contributed by atoms with Crippen molar-refractivity contribution in [3.63, 3.8) is 0 Å². The maximum Gasteiger partial charge on any atom is 0.267 e. The number of benzene rings is 2. The highest BCUT2D eigenvalue weighted by atomic mass is 19.1. The first-order valence-electron chi connectivity index (χ1n) is 12.9. The average molecular weight is 575 g/mol. The Kier molecular flexibility index (Phi) is 7.72. The maximum absolute atomic E-state index is 15.2. The molecule has 216 valence electrons. The average Bonchev–Trinajstić information content (AvgIpc) is 3.34. The summed E-state index contributed by atoms with van der Waals surface area (Å²) in [4.78, 5) is 30.4. The van der Waals surface area contributed by atoms with Crippen LogP contribution in [0.4, 0.5) is 20.3 Å². The Morgan fingerprint density at radius 2 is 1.83 bits per heavy atom. The van der Waals surface area contributed by atoms with Gasteiger partial charge in [0.15, 0.2) is 23.0 Å². The zero-order valence-corrected chi connectivity index (χ0v) is 23.3. The molecule has 0 aliphatic heterocycles. The molecule has 0 atom stereocenters. The van der Waals surface area contributed by atoms with Gasteiger partial charge < -0.3 is 20.1 Å². The van der Waals surface area contributed by atoms with Gasteiger partial charge in [0.05, 0.1) is 12.1 Å². The summed E-state index contributed by atoms with van der Waals surface area (Å²) in [6.07, 6.45) is 3.06. The van der Waals surface area contributed by atoms with Gasteiger partial charge in [-0.2, -0.15) is 5.10 Å². The van der Waals surface area contributed by atoms with Crippen LogP contribution in [0, 0.1) is 18.6 Å². The smallest absolute Gasteiger partial charge is 0.267 e. The van der Waals surface area contributed by atoms with Crippen molar-refractivity contribution in [3.8, 4) is 17.2 Å². The fourth-order valence-electron chi connectivity index (χ4n) is 4.47. The van der Waals surface area contributed by atoms with Gasteiger partial charge in [-0.15, -0.1) is 0 Å². The molecule has 3 heterocycles. The van der Waals surface area contributed by atoms with Gasteiger partial charge in [-0.3, -0.25) is 19.3 Å². The molecule has 0 spiro atoms. The summed E-state index contributed by atoms with van der Waals surface area (Å²) < 4.78 is 41.0.